The molecule has 0 saturated carbocycles. The summed E-state index contributed by atoms with van der Waals surface area (Å²) >= 11 is 6.03. The Morgan fingerprint density at radius 2 is 2.21 bits per heavy atom. The highest BCUT2D eigenvalue weighted by atomic mass is 35.5. The van der Waals surface area contributed by atoms with Crippen molar-refractivity contribution < 1.29 is 4.79 Å². The number of nitrogen functional groups attached to an aromatic ring is 1. The highest BCUT2D eigenvalue weighted by Gasteiger charge is 2.15. The molecule has 0 radical (unpaired) electrons. The van der Waals surface area contributed by atoms with Gasteiger partial charge >= 0.3 is 0 Å². The predicted molar refractivity (Wildman–Crippen MR) is 75.9 cm³/mol. The van der Waals surface area contributed by atoms with Crippen LogP contribution in [0.5, 0.6) is 0 Å². The number of benzene rings is 1. The Labute approximate surface area is 116 Å². The van der Waals surface area contributed by atoms with Crippen LogP contribution >= 0.6 is 11.6 Å². The summed E-state index contributed by atoms with van der Waals surface area (Å²) in [6.45, 7) is 0.480. The summed E-state index contributed by atoms with van der Waals surface area (Å²) in [5, 5.41) is 0.364. The number of nitrogens with zero attached hydrogens (tertiary/aromatic N) is 2. The summed E-state index contributed by atoms with van der Waals surface area (Å²) in [5.74, 6) is -0.145. The van der Waals surface area contributed by atoms with Gasteiger partial charge in [-0.3, -0.25) is 9.78 Å². The number of hydrogen-bond donors (Lipinski definition) is 1. The van der Waals surface area contributed by atoms with Gasteiger partial charge in [-0.2, -0.15) is 0 Å². The van der Waals surface area contributed by atoms with Crippen LogP contribution in [0.1, 0.15) is 15.9 Å². The van der Waals surface area contributed by atoms with Gasteiger partial charge in [0, 0.05) is 31.7 Å². The number of carbonyl (C=O) groups is 1. The maximum absolute atomic E-state index is 12.3. The van der Waals surface area contributed by atoms with Crippen molar-refractivity contribution in [2.24, 2.45) is 0 Å². The Hall–Kier alpha value is -2.07. The fourth-order valence-electron chi connectivity index (χ4n) is 1.75. The Morgan fingerprint density at radius 3 is 2.84 bits per heavy atom. The Bertz CT molecular complexity index is 586. The maximum Gasteiger partial charge on any atom is 0.255 e. The van der Waals surface area contributed by atoms with Crippen LogP contribution in [-0.2, 0) is 6.54 Å². The van der Waals surface area contributed by atoms with E-state index in [-0.39, 0.29) is 5.91 Å². The second kappa shape index (κ2) is 5.71. The molecule has 0 aliphatic rings. The van der Waals surface area contributed by atoms with Gasteiger partial charge in [0.2, 0.25) is 0 Å². The number of amides is 1. The van der Waals surface area contributed by atoms with Crippen LogP contribution in [0.3, 0.4) is 0 Å². The lowest BCUT2D eigenvalue weighted by molar-refractivity contribution is 0.0785. The van der Waals surface area contributed by atoms with E-state index >= 15 is 0 Å². The van der Waals surface area contributed by atoms with E-state index in [0.29, 0.717) is 22.8 Å². The molecule has 1 amide bonds. The second-order valence-corrected chi connectivity index (χ2v) is 4.67. The topological polar surface area (TPSA) is 59.2 Å². The van der Waals surface area contributed by atoms with Crippen LogP contribution in [-0.4, -0.2) is 22.8 Å². The SMILES string of the molecule is CN(Cc1cccnc1)C(=O)c1ccc(N)cc1Cl. The average Bonchev–Trinajstić information content (AvgIpc) is 2.39. The Morgan fingerprint density at radius 1 is 1.42 bits per heavy atom. The molecular formula is C14H14ClN3O. The van der Waals surface area contributed by atoms with Gasteiger partial charge in [-0.15, -0.1) is 0 Å². The maximum atomic E-state index is 12.3. The lowest BCUT2D eigenvalue weighted by atomic mass is 10.1. The Kier molecular flexibility index (Phi) is 4.02. The second-order valence-electron chi connectivity index (χ2n) is 4.26. The summed E-state index contributed by atoms with van der Waals surface area (Å²) in [4.78, 5) is 17.9. The third-order valence-corrected chi connectivity index (χ3v) is 3.03. The zero-order valence-corrected chi connectivity index (χ0v) is 11.3. The van der Waals surface area contributed by atoms with E-state index in [9.17, 15) is 4.79 Å². The number of rotatable bonds is 3. The van der Waals surface area contributed by atoms with Crippen molar-refractivity contribution >= 4 is 23.2 Å². The molecule has 0 unspecified atom stereocenters. The van der Waals surface area contributed by atoms with Crippen LogP contribution < -0.4 is 5.73 Å². The number of anilines is 1. The predicted octanol–water partition coefficient (Wildman–Crippen LogP) is 2.59. The summed E-state index contributed by atoms with van der Waals surface area (Å²) in [6.07, 6.45) is 3.43. The van der Waals surface area contributed by atoms with Gasteiger partial charge in [0.1, 0.15) is 0 Å². The number of pyridine rings is 1. The van der Waals surface area contributed by atoms with Gasteiger partial charge in [-0.25, -0.2) is 0 Å². The van der Waals surface area contributed by atoms with Crippen molar-refractivity contribution in [2.45, 2.75) is 6.54 Å². The zero-order chi connectivity index (χ0) is 13.8. The van der Waals surface area contributed by atoms with Crippen LogP contribution in [0, 0.1) is 0 Å². The molecule has 0 atom stereocenters. The van der Waals surface area contributed by atoms with E-state index in [2.05, 4.69) is 4.98 Å². The number of nitrogens with two attached hydrogens (primary N) is 1. The van der Waals surface area contributed by atoms with Crippen molar-refractivity contribution in [1.29, 1.82) is 0 Å². The van der Waals surface area contributed by atoms with E-state index in [4.69, 9.17) is 17.3 Å². The molecule has 1 aromatic carbocycles. The quantitative estimate of drug-likeness (QED) is 0.876. The monoisotopic (exact) mass is 275 g/mol. The summed E-state index contributed by atoms with van der Waals surface area (Å²) in [7, 11) is 1.72. The van der Waals surface area contributed by atoms with E-state index in [1.165, 1.54) is 0 Å². The molecule has 98 valence electrons. The molecule has 0 spiro atoms. The van der Waals surface area contributed by atoms with Crippen molar-refractivity contribution in [3.63, 3.8) is 0 Å². The molecule has 5 heteroatoms. The van der Waals surface area contributed by atoms with Gasteiger partial charge in [0.15, 0.2) is 0 Å². The molecule has 0 aliphatic carbocycles. The summed E-state index contributed by atoms with van der Waals surface area (Å²) < 4.78 is 0. The zero-order valence-electron chi connectivity index (χ0n) is 10.5. The molecule has 0 bridgehead atoms. The minimum Gasteiger partial charge on any atom is -0.399 e. The first-order valence-corrected chi connectivity index (χ1v) is 6.15. The molecule has 2 aromatic rings. The molecule has 1 aromatic heterocycles. The highest BCUT2D eigenvalue weighted by molar-refractivity contribution is 6.34. The van der Waals surface area contributed by atoms with Gasteiger partial charge in [0.25, 0.3) is 5.91 Å². The van der Waals surface area contributed by atoms with Crippen LogP contribution in [0.2, 0.25) is 5.02 Å². The van der Waals surface area contributed by atoms with Crippen molar-refractivity contribution in [2.75, 3.05) is 12.8 Å². The first-order valence-electron chi connectivity index (χ1n) is 5.77. The normalized spacial score (nSPS) is 10.2. The molecule has 2 N–H and O–H groups in total. The minimum atomic E-state index is -0.145. The molecular weight excluding hydrogens is 262 g/mol. The average molecular weight is 276 g/mol. The third kappa shape index (κ3) is 3.23. The van der Waals surface area contributed by atoms with Gasteiger partial charge in [-0.05, 0) is 29.8 Å². The standard InChI is InChI=1S/C14H14ClN3O/c1-18(9-10-3-2-6-17-8-10)14(19)12-5-4-11(16)7-13(12)15/h2-8H,9,16H2,1H3. The van der Waals surface area contributed by atoms with Crippen LogP contribution in [0.4, 0.5) is 5.69 Å². The molecule has 4 nitrogen and oxygen atoms in total. The molecule has 0 aliphatic heterocycles. The molecule has 2 rings (SSSR count). The summed E-state index contributed by atoms with van der Waals surface area (Å²) in [5.41, 5.74) is 7.56. The van der Waals surface area contributed by atoms with Gasteiger partial charge in [0.05, 0.1) is 10.6 Å². The molecule has 0 saturated heterocycles. The van der Waals surface area contributed by atoms with Crippen molar-refractivity contribution in [3.05, 3.63) is 58.9 Å². The molecule has 19 heavy (non-hydrogen) atoms. The number of carbonyl (C=O) groups excluding carboxylic acids is 1. The Balaban J connectivity index is 2.15. The van der Waals surface area contributed by atoms with Gasteiger partial charge < -0.3 is 10.6 Å². The third-order valence-electron chi connectivity index (χ3n) is 2.71. The summed E-state index contributed by atoms with van der Waals surface area (Å²) in [6, 6.07) is 8.63. The first-order chi connectivity index (χ1) is 9.08. The van der Waals surface area contributed by atoms with Gasteiger partial charge in [-0.1, -0.05) is 17.7 Å². The fraction of sp³-hybridized carbons (Fsp3) is 0.143. The first kappa shape index (κ1) is 13.4. The number of hydrogen-bond acceptors (Lipinski definition) is 3. The number of halogens is 1. The van der Waals surface area contributed by atoms with E-state index in [1.54, 1.807) is 42.5 Å². The van der Waals surface area contributed by atoms with E-state index < -0.39 is 0 Å². The fourth-order valence-corrected chi connectivity index (χ4v) is 2.02. The smallest absolute Gasteiger partial charge is 0.255 e. The van der Waals surface area contributed by atoms with E-state index in [0.717, 1.165) is 5.56 Å². The highest BCUT2D eigenvalue weighted by Crippen LogP contribution is 2.21. The lowest BCUT2D eigenvalue weighted by Gasteiger charge is -2.18. The van der Waals surface area contributed by atoms with E-state index in [1.807, 2.05) is 12.1 Å². The minimum absolute atomic E-state index is 0.145. The molecule has 0 fully saturated rings. The van der Waals surface area contributed by atoms with Crippen LogP contribution in [0.15, 0.2) is 42.7 Å². The number of aromatic nitrogens is 1. The largest absolute Gasteiger partial charge is 0.399 e. The molecule has 1 heterocycles. The van der Waals surface area contributed by atoms with Crippen LogP contribution in [0.25, 0.3) is 0 Å². The van der Waals surface area contributed by atoms with Crippen molar-refractivity contribution in [1.82, 2.24) is 9.88 Å². The lowest BCUT2D eigenvalue weighted by Crippen LogP contribution is -2.26. The van der Waals surface area contributed by atoms with Crippen molar-refractivity contribution in [3.8, 4) is 0 Å².